The number of carbonyl (C=O) groups excluding carboxylic acids is 2. The summed E-state index contributed by atoms with van der Waals surface area (Å²) >= 11 is 0. The van der Waals surface area contributed by atoms with Crippen molar-refractivity contribution >= 4 is 23.6 Å². The first kappa shape index (κ1) is 21.8. The minimum absolute atomic E-state index is 0.00816. The predicted molar refractivity (Wildman–Crippen MR) is 113 cm³/mol. The Balaban J connectivity index is 2.20. The van der Waals surface area contributed by atoms with Crippen LogP contribution in [0.1, 0.15) is 29.8 Å². The molecule has 7 heteroatoms. The van der Waals surface area contributed by atoms with Gasteiger partial charge in [-0.15, -0.1) is 0 Å². The van der Waals surface area contributed by atoms with Gasteiger partial charge in [0.25, 0.3) is 5.91 Å². The molecule has 2 amide bonds. The Morgan fingerprint density at radius 3 is 2.14 bits per heavy atom. The number of amides is 2. The van der Waals surface area contributed by atoms with Gasteiger partial charge in [-0.1, -0.05) is 12.1 Å². The van der Waals surface area contributed by atoms with Gasteiger partial charge in [0.1, 0.15) is 0 Å². The van der Waals surface area contributed by atoms with Gasteiger partial charge in [0.15, 0.2) is 11.5 Å². The van der Waals surface area contributed by atoms with Gasteiger partial charge >= 0.3 is 0 Å². The highest BCUT2D eigenvalue weighted by molar-refractivity contribution is 6.07. The molecule has 0 aliphatic heterocycles. The number of nitrogens with one attached hydrogen (secondary N) is 2. The Bertz CT molecular complexity index is 881. The predicted octanol–water partition coefficient (Wildman–Crippen LogP) is 3.50. The number of benzene rings is 2. The molecule has 29 heavy (non-hydrogen) atoms. The first-order chi connectivity index (χ1) is 13.9. The molecule has 2 N–H and O–H groups in total. The first-order valence-corrected chi connectivity index (χ1v) is 9.08. The molecule has 0 aliphatic carbocycles. The van der Waals surface area contributed by atoms with Crippen LogP contribution in [-0.2, 0) is 4.79 Å². The van der Waals surface area contributed by atoms with Crippen molar-refractivity contribution in [3.63, 3.8) is 0 Å². The van der Waals surface area contributed by atoms with Crippen molar-refractivity contribution in [2.45, 2.75) is 19.9 Å². The van der Waals surface area contributed by atoms with Crippen molar-refractivity contribution in [3.8, 4) is 17.2 Å². The molecule has 0 atom stereocenters. The van der Waals surface area contributed by atoms with Gasteiger partial charge in [-0.2, -0.15) is 0 Å². The number of rotatable bonds is 8. The van der Waals surface area contributed by atoms with E-state index >= 15 is 0 Å². The molecule has 154 valence electrons. The van der Waals surface area contributed by atoms with Crippen LogP contribution in [0.2, 0.25) is 0 Å². The fraction of sp³-hybridized carbons (Fsp3) is 0.273. The maximum Gasteiger partial charge on any atom is 0.253 e. The number of methoxy groups -OCH3 is 3. The molecule has 0 heterocycles. The van der Waals surface area contributed by atoms with Gasteiger partial charge in [-0.05, 0) is 49.8 Å². The molecule has 0 aromatic heterocycles. The highest BCUT2D eigenvalue weighted by Gasteiger charge is 2.14. The van der Waals surface area contributed by atoms with Crippen LogP contribution in [0, 0.1) is 0 Å². The average Bonchev–Trinajstić information content (AvgIpc) is 2.71. The van der Waals surface area contributed by atoms with E-state index in [0.717, 1.165) is 0 Å². The van der Waals surface area contributed by atoms with E-state index in [2.05, 4.69) is 10.6 Å². The maximum absolute atomic E-state index is 12.4. The fourth-order valence-electron chi connectivity index (χ4n) is 2.67. The minimum Gasteiger partial charge on any atom is -0.493 e. The van der Waals surface area contributed by atoms with Crippen LogP contribution in [0.4, 0.5) is 5.69 Å². The van der Waals surface area contributed by atoms with E-state index in [1.54, 1.807) is 42.5 Å². The van der Waals surface area contributed by atoms with Crippen LogP contribution >= 0.6 is 0 Å². The molecular weight excluding hydrogens is 372 g/mol. The van der Waals surface area contributed by atoms with Crippen molar-refractivity contribution in [1.29, 1.82) is 0 Å². The van der Waals surface area contributed by atoms with Crippen molar-refractivity contribution in [2.24, 2.45) is 0 Å². The molecule has 0 bridgehead atoms. The standard InChI is InChI=1S/C22H26N2O5/c1-14(2)23-22(26)16-8-6-7-9-17(16)24-20(25)11-10-15-12-18(27-3)21(29-5)19(13-15)28-4/h6-14H,1-5H3,(H,23,26)(H,24,25). The van der Waals surface area contributed by atoms with E-state index in [-0.39, 0.29) is 17.9 Å². The van der Waals surface area contributed by atoms with Gasteiger partial charge in [-0.25, -0.2) is 0 Å². The molecule has 2 rings (SSSR count). The van der Waals surface area contributed by atoms with Gasteiger partial charge in [0.2, 0.25) is 11.7 Å². The Hall–Kier alpha value is -3.48. The number of hydrogen-bond donors (Lipinski definition) is 2. The third kappa shape index (κ3) is 5.75. The monoisotopic (exact) mass is 398 g/mol. The smallest absolute Gasteiger partial charge is 0.253 e. The third-order valence-electron chi connectivity index (χ3n) is 3.96. The third-order valence-corrected chi connectivity index (χ3v) is 3.96. The second-order valence-electron chi connectivity index (χ2n) is 6.46. The van der Waals surface area contributed by atoms with E-state index in [4.69, 9.17) is 14.2 Å². The molecule has 2 aromatic carbocycles. The van der Waals surface area contributed by atoms with Gasteiger partial charge in [-0.3, -0.25) is 9.59 Å². The lowest BCUT2D eigenvalue weighted by Gasteiger charge is -2.13. The van der Waals surface area contributed by atoms with Crippen molar-refractivity contribution in [3.05, 3.63) is 53.6 Å². The van der Waals surface area contributed by atoms with Crippen molar-refractivity contribution in [2.75, 3.05) is 26.6 Å². The lowest BCUT2D eigenvalue weighted by molar-refractivity contribution is -0.111. The Labute approximate surface area is 170 Å². The maximum atomic E-state index is 12.4. The van der Waals surface area contributed by atoms with Crippen LogP contribution in [0.3, 0.4) is 0 Å². The van der Waals surface area contributed by atoms with E-state index in [9.17, 15) is 9.59 Å². The number of para-hydroxylation sites is 1. The molecule has 7 nitrogen and oxygen atoms in total. The van der Waals surface area contributed by atoms with Crippen LogP contribution in [0.15, 0.2) is 42.5 Å². The Morgan fingerprint density at radius 1 is 0.966 bits per heavy atom. The fourth-order valence-corrected chi connectivity index (χ4v) is 2.67. The molecule has 0 spiro atoms. The van der Waals surface area contributed by atoms with Crippen LogP contribution in [0.25, 0.3) is 6.08 Å². The lowest BCUT2D eigenvalue weighted by Crippen LogP contribution is -2.30. The lowest BCUT2D eigenvalue weighted by atomic mass is 10.1. The molecule has 2 aromatic rings. The zero-order chi connectivity index (χ0) is 21.4. The summed E-state index contributed by atoms with van der Waals surface area (Å²) in [4.78, 5) is 24.7. The summed E-state index contributed by atoms with van der Waals surface area (Å²) in [6.07, 6.45) is 2.99. The molecule has 0 radical (unpaired) electrons. The zero-order valence-electron chi connectivity index (χ0n) is 17.2. The largest absolute Gasteiger partial charge is 0.493 e. The zero-order valence-corrected chi connectivity index (χ0v) is 17.2. The summed E-state index contributed by atoms with van der Waals surface area (Å²) in [6, 6.07) is 10.3. The number of anilines is 1. The first-order valence-electron chi connectivity index (χ1n) is 9.08. The normalized spacial score (nSPS) is 10.7. The molecule has 0 fully saturated rings. The summed E-state index contributed by atoms with van der Waals surface area (Å²) in [5, 5.41) is 5.56. The summed E-state index contributed by atoms with van der Waals surface area (Å²) < 4.78 is 15.9. The van der Waals surface area contributed by atoms with E-state index in [1.807, 2.05) is 13.8 Å². The quantitative estimate of drug-likeness (QED) is 0.665. The molecule has 0 aliphatic rings. The molecular formula is C22H26N2O5. The number of carbonyl (C=O) groups is 2. The van der Waals surface area contributed by atoms with Crippen molar-refractivity contribution < 1.29 is 23.8 Å². The molecule has 0 saturated carbocycles. The summed E-state index contributed by atoms with van der Waals surface area (Å²) in [6.45, 7) is 3.75. The molecule has 0 unspecified atom stereocenters. The second kappa shape index (κ2) is 10.2. The van der Waals surface area contributed by atoms with Crippen LogP contribution < -0.4 is 24.8 Å². The van der Waals surface area contributed by atoms with Crippen LogP contribution in [0.5, 0.6) is 17.2 Å². The summed E-state index contributed by atoms with van der Waals surface area (Å²) in [7, 11) is 4.57. The SMILES string of the molecule is COc1cc(C=CC(=O)Nc2ccccc2C(=O)NC(C)C)cc(OC)c1OC. The minimum atomic E-state index is -0.372. The Kier molecular flexibility index (Phi) is 7.65. The van der Waals surface area contributed by atoms with Gasteiger partial charge < -0.3 is 24.8 Å². The van der Waals surface area contributed by atoms with Gasteiger partial charge in [0.05, 0.1) is 32.6 Å². The summed E-state index contributed by atoms with van der Waals surface area (Å²) in [5.74, 6) is 0.833. The topological polar surface area (TPSA) is 85.9 Å². The highest BCUT2D eigenvalue weighted by atomic mass is 16.5. The number of hydrogen-bond acceptors (Lipinski definition) is 5. The van der Waals surface area contributed by atoms with E-state index < -0.39 is 0 Å². The van der Waals surface area contributed by atoms with Crippen molar-refractivity contribution in [1.82, 2.24) is 5.32 Å². The Morgan fingerprint density at radius 2 is 1.59 bits per heavy atom. The van der Waals surface area contributed by atoms with Crippen LogP contribution in [-0.4, -0.2) is 39.2 Å². The average molecular weight is 398 g/mol. The summed E-state index contributed by atoms with van der Waals surface area (Å²) in [5.41, 5.74) is 1.53. The highest BCUT2D eigenvalue weighted by Crippen LogP contribution is 2.38. The molecule has 0 saturated heterocycles. The second-order valence-corrected chi connectivity index (χ2v) is 6.46. The number of ether oxygens (including phenoxy) is 3. The van der Waals surface area contributed by atoms with E-state index in [0.29, 0.717) is 34.1 Å². The van der Waals surface area contributed by atoms with Gasteiger partial charge in [0, 0.05) is 12.1 Å². The van der Waals surface area contributed by atoms with E-state index in [1.165, 1.54) is 27.4 Å².